The van der Waals surface area contributed by atoms with Crippen molar-refractivity contribution < 1.29 is 9.59 Å². The molecule has 0 aromatic rings. The fraction of sp³-hybridized carbons (Fsp3) is 0. The second kappa shape index (κ2) is 22.8. The molecule has 0 aliphatic carbocycles. The first-order chi connectivity index (χ1) is 5.00. The number of hydrazine groups is 2. The predicted octanol–water partition coefficient (Wildman–Crippen LogP) is -3.47. The first-order valence-electron chi connectivity index (χ1n) is 2.15. The van der Waals surface area contributed by atoms with E-state index in [1.807, 2.05) is 0 Å². The summed E-state index contributed by atoms with van der Waals surface area (Å²) >= 11 is 0. The summed E-state index contributed by atoms with van der Waals surface area (Å²) in [5.41, 5.74) is 14.6. The third kappa shape index (κ3) is 3160. The molecule has 0 aromatic carbocycles. The summed E-state index contributed by atoms with van der Waals surface area (Å²) in [7, 11) is 0. The van der Waals surface area contributed by atoms with Crippen molar-refractivity contribution in [3.05, 3.63) is 0 Å². The van der Waals surface area contributed by atoms with Crippen molar-refractivity contribution >= 4 is 12.1 Å². The van der Waals surface area contributed by atoms with Crippen LogP contribution in [-0.2, 0) is 0 Å². The van der Waals surface area contributed by atoms with Gasteiger partial charge in [0.25, 0.3) is 0 Å². The molecule has 0 aliphatic rings. The number of hydrogen-bond donors (Lipinski definition) is 8. The van der Waals surface area contributed by atoms with Crippen molar-refractivity contribution in [1.82, 2.24) is 11.6 Å². The topological polar surface area (TPSA) is 237 Å². The van der Waals surface area contributed by atoms with Gasteiger partial charge in [-0.3, -0.25) is 17.1 Å². The lowest BCUT2D eigenvalue weighted by Crippen LogP contribution is -2.34. The number of urea groups is 2. The van der Waals surface area contributed by atoms with Gasteiger partial charge in [0.1, 0.15) is 0 Å². The van der Waals surface area contributed by atoms with Crippen LogP contribution in [0.15, 0.2) is 0 Å². The maximum absolute atomic E-state index is 9.35. The van der Waals surface area contributed by atoms with Crippen molar-refractivity contribution in [2.24, 2.45) is 34.7 Å². The minimum atomic E-state index is -0.833. The fourth-order valence-corrected chi connectivity index (χ4v) is 0. The van der Waals surface area contributed by atoms with E-state index in [1.165, 1.54) is 0 Å². The average Bonchev–Trinajstić information content (AvgIpc) is 1.91. The van der Waals surface area contributed by atoms with Gasteiger partial charge in [-0.05, 0) is 0 Å². The molecule has 0 atom stereocenters. The normalized spacial score (nSPS) is 5.25. The summed E-state index contributed by atoms with van der Waals surface area (Å²) in [5.74, 6) is 12.4. The van der Waals surface area contributed by atoms with Crippen LogP contribution in [0.25, 0.3) is 0 Å². The van der Waals surface area contributed by atoms with E-state index >= 15 is 0 Å². The highest BCUT2D eigenvalue weighted by atomic mass is 16.2. The highest BCUT2D eigenvalue weighted by Crippen LogP contribution is 1.34. The molecular formula is C2H16N8O2. The Bertz CT molecular complexity index is 99.2. The van der Waals surface area contributed by atoms with Gasteiger partial charge in [-0.15, -0.1) is 0 Å². The zero-order chi connectivity index (χ0) is 9.86. The lowest BCUT2D eigenvalue weighted by atomic mass is 11.2. The Morgan fingerprint density at radius 3 is 1.08 bits per heavy atom. The quantitative estimate of drug-likeness (QED) is 0.108. The first kappa shape index (κ1) is 22.4. The predicted molar refractivity (Wildman–Crippen MR) is 44.1 cm³/mol. The minimum absolute atomic E-state index is 0. The lowest BCUT2D eigenvalue weighted by Gasteiger charge is -1.81. The summed E-state index contributed by atoms with van der Waals surface area (Å²) < 4.78 is 0. The highest BCUT2D eigenvalue weighted by molar-refractivity contribution is 5.70. The number of carbonyl (C=O) groups excluding carboxylic acids is 2. The van der Waals surface area contributed by atoms with Gasteiger partial charge >= 0.3 is 12.1 Å². The smallest absolute Gasteiger partial charge is 0.326 e. The van der Waals surface area contributed by atoms with Crippen LogP contribution < -0.4 is 46.3 Å². The summed E-state index contributed by atoms with van der Waals surface area (Å²) in [6, 6.07) is -1.55. The molecule has 76 valence electrons. The summed E-state index contributed by atoms with van der Waals surface area (Å²) in [6.07, 6.45) is 0. The molecule has 0 bridgehead atoms. The maximum Gasteiger partial charge on any atom is 0.326 e. The van der Waals surface area contributed by atoms with Gasteiger partial charge in [0, 0.05) is 0 Å². The summed E-state index contributed by atoms with van der Waals surface area (Å²) in [6.45, 7) is 0. The maximum atomic E-state index is 9.35. The van der Waals surface area contributed by atoms with Crippen LogP contribution in [0.2, 0.25) is 0 Å². The van der Waals surface area contributed by atoms with E-state index in [1.54, 1.807) is 5.43 Å². The molecule has 0 radical (unpaired) electrons. The molecule has 0 fully saturated rings. The number of nitrogens with two attached hydrogens (primary N) is 6. The molecule has 0 saturated heterocycles. The largest absolute Gasteiger partial charge is 0.352 e. The zero-order valence-electron chi connectivity index (χ0n) is 6.49. The van der Waals surface area contributed by atoms with E-state index in [2.05, 4.69) is 34.7 Å². The lowest BCUT2D eigenvalue weighted by molar-refractivity contribution is 0.249. The number of carbonyl (C=O) groups is 2. The molecule has 0 spiro atoms. The molecule has 0 saturated carbocycles. The third-order valence-electron chi connectivity index (χ3n) is 0.142. The number of nitrogens with one attached hydrogen (secondary N) is 1. The van der Waals surface area contributed by atoms with Crippen molar-refractivity contribution in [2.75, 3.05) is 0 Å². The second-order valence-corrected chi connectivity index (χ2v) is 0.911. The van der Waals surface area contributed by atoms with Crippen LogP contribution in [0, 0.1) is 0 Å². The van der Waals surface area contributed by atoms with Gasteiger partial charge in [-0.1, -0.05) is 0 Å². The minimum Gasteiger partial charge on any atom is -0.352 e. The Morgan fingerprint density at radius 1 is 1.00 bits per heavy atom. The van der Waals surface area contributed by atoms with E-state index in [9.17, 15) is 4.79 Å². The second-order valence-electron chi connectivity index (χ2n) is 0.911. The Hall–Kier alpha value is -1.62. The van der Waals surface area contributed by atoms with Crippen LogP contribution in [0.5, 0.6) is 0 Å². The molecule has 12 heavy (non-hydrogen) atoms. The molecule has 0 aliphatic heterocycles. The van der Waals surface area contributed by atoms with Gasteiger partial charge in [0.15, 0.2) is 0 Å². The third-order valence-corrected chi connectivity index (χ3v) is 0.142. The standard InChI is InChI=1S/CH5N3O.CH4N2O.H4N2.H3N/c2-1(5)4-3;2-1(3)4;1-2;/h3H2,(H3,2,4,5);(H4,2,3,4);1-2H2;1H3. The molecule has 0 heterocycles. The van der Waals surface area contributed by atoms with Crippen LogP contribution in [0.1, 0.15) is 0 Å². The van der Waals surface area contributed by atoms with Crippen molar-refractivity contribution in [2.45, 2.75) is 0 Å². The van der Waals surface area contributed by atoms with E-state index in [-0.39, 0.29) is 6.15 Å². The number of rotatable bonds is 0. The Morgan fingerprint density at radius 2 is 1.08 bits per heavy atom. The van der Waals surface area contributed by atoms with E-state index in [4.69, 9.17) is 4.79 Å². The molecule has 0 unspecified atom stereocenters. The summed E-state index contributed by atoms with van der Waals surface area (Å²) in [4.78, 5) is 18.4. The fourth-order valence-electron chi connectivity index (χ4n) is 0. The van der Waals surface area contributed by atoms with Crippen LogP contribution in [0.3, 0.4) is 0 Å². The Kier molecular flexibility index (Phi) is 42.6. The molecule has 10 nitrogen and oxygen atoms in total. The SMILES string of the molecule is N.NC(N)=O.NN.NNC(N)=O. The number of primary amides is 3. The number of hydrogen-bond acceptors (Lipinski definition) is 6. The molecule has 0 aromatic heterocycles. The molecular weight excluding hydrogens is 168 g/mol. The van der Waals surface area contributed by atoms with E-state index in [0.29, 0.717) is 0 Å². The average molecular weight is 184 g/mol. The van der Waals surface area contributed by atoms with E-state index < -0.39 is 12.1 Å². The number of amides is 4. The van der Waals surface area contributed by atoms with Crippen molar-refractivity contribution in [3.63, 3.8) is 0 Å². The molecule has 16 N–H and O–H groups in total. The zero-order valence-corrected chi connectivity index (χ0v) is 6.49. The van der Waals surface area contributed by atoms with Crippen molar-refractivity contribution in [3.8, 4) is 0 Å². The van der Waals surface area contributed by atoms with Crippen LogP contribution in [-0.4, -0.2) is 12.1 Å². The van der Waals surface area contributed by atoms with Crippen LogP contribution >= 0.6 is 0 Å². The molecule has 10 heteroatoms. The highest BCUT2D eigenvalue weighted by Gasteiger charge is 1.73. The Labute approximate surface area is 69.1 Å². The van der Waals surface area contributed by atoms with Gasteiger partial charge in [-0.2, -0.15) is 0 Å². The molecule has 4 amide bonds. The summed E-state index contributed by atoms with van der Waals surface area (Å²) in [5, 5.41) is 0. The van der Waals surface area contributed by atoms with Gasteiger partial charge in [0.05, 0.1) is 0 Å². The first-order valence-corrected chi connectivity index (χ1v) is 2.15. The monoisotopic (exact) mass is 184 g/mol. The Balaban J connectivity index is -0.0000000419. The van der Waals surface area contributed by atoms with Gasteiger partial charge in [0.2, 0.25) is 0 Å². The van der Waals surface area contributed by atoms with Crippen LogP contribution in [0.4, 0.5) is 9.59 Å². The molecule has 0 rings (SSSR count). The van der Waals surface area contributed by atoms with Gasteiger partial charge in [-0.25, -0.2) is 15.4 Å². The van der Waals surface area contributed by atoms with Crippen molar-refractivity contribution in [1.29, 1.82) is 0 Å². The van der Waals surface area contributed by atoms with E-state index in [0.717, 1.165) is 0 Å². The van der Waals surface area contributed by atoms with Gasteiger partial charge < -0.3 is 23.4 Å².